The molecule has 1 aromatic carbocycles. The maximum Gasteiger partial charge on any atom is 0.174 e. The highest BCUT2D eigenvalue weighted by molar-refractivity contribution is 6.35. The summed E-state index contributed by atoms with van der Waals surface area (Å²) in [6.45, 7) is 1.65. The van der Waals surface area contributed by atoms with Crippen molar-refractivity contribution >= 4 is 34.8 Å². The lowest BCUT2D eigenvalue weighted by molar-refractivity contribution is 0.138. The molecule has 0 radical (unpaired) electrons. The molecule has 0 unspecified atom stereocenters. The molecule has 0 aliphatic carbocycles. The second kappa shape index (κ2) is 7.22. The van der Waals surface area contributed by atoms with E-state index in [0.717, 1.165) is 25.1 Å². The van der Waals surface area contributed by atoms with Crippen molar-refractivity contribution in [2.24, 2.45) is 5.92 Å². The van der Waals surface area contributed by atoms with Crippen molar-refractivity contribution in [2.45, 2.75) is 12.5 Å². The van der Waals surface area contributed by atoms with Crippen LogP contribution in [-0.4, -0.2) is 18.1 Å². The Morgan fingerprint density at radius 2 is 2.00 bits per heavy atom. The monoisotopic (exact) mass is 374 g/mol. The lowest BCUT2D eigenvalue weighted by atomic mass is 9.96. The third kappa shape index (κ3) is 3.89. The average Bonchev–Trinajstić information content (AvgIpc) is 3.00. The van der Waals surface area contributed by atoms with Crippen molar-refractivity contribution in [3.8, 4) is 5.75 Å². The van der Waals surface area contributed by atoms with Crippen LogP contribution >= 0.6 is 34.8 Å². The Kier molecular flexibility index (Phi) is 5.27. The fraction of sp³-hybridized carbons (Fsp3) is 0.312. The Balaban J connectivity index is 1.96. The van der Waals surface area contributed by atoms with Gasteiger partial charge in [-0.2, -0.15) is 0 Å². The summed E-state index contributed by atoms with van der Waals surface area (Å²) >= 11 is 17.9. The van der Waals surface area contributed by atoms with Crippen LogP contribution in [0.4, 0.5) is 4.39 Å². The van der Waals surface area contributed by atoms with Crippen LogP contribution in [0, 0.1) is 11.7 Å². The zero-order chi connectivity index (χ0) is 16.4. The number of nitrogens with zero attached hydrogens (tertiary/aromatic N) is 1. The number of ether oxygens (including phenoxy) is 1. The van der Waals surface area contributed by atoms with Crippen LogP contribution in [0.5, 0.6) is 5.75 Å². The summed E-state index contributed by atoms with van der Waals surface area (Å²) in [5.74, 6) is -0.428. The number of benzene rings is 1. The summed E-state index contributed by atoms with van der Waals surface area (Å²) < 4.78 is 20.2. The molecule has 122 valence electrons. The molecule has 0 amide bonds. The number of aromatic nitrogens is 1. The summed E-state index contributed by atoms with van der Waals surface area (Å²) in [5.41, 5.74) is 0.789. The molecule has 3 rings (SSSR count). The molecule has 1 aliphatic rings. The Morgan fingerprint density at radius 3 is 2.65 bits per heavy atom. The topological polar surface area (TPSA) is 34.1 Å². The second-order valence-corrected chi connectivity index (χ2v) is 6.71. The Morgan fingerprint density at radius 1 is 1.17 bits per heavy atom. The molecular formula is C16H14Cl3FN2O. The van der Waals surface area contributed by atoms with E-state index in [1.54, 1.807) is 18.5 Å². The van der Waals surface area contributed by atoms with Gasteiger partial charge < -0.3 is 10.1 Å². The number of pyridine rings is 1. The van der Waals surface area contributed by atoms with Crippen LogP contribution < -0.4 is 10.1 Å². The van der Waals surface area contributed by atoms with Crippen molar-refractivity contribution < 1.29 is 9.13 Å². The van der Waals surface area contributed by atoms with Gasteiger partial charge in [-0.05, 0) is 31.2 Å². The highest BCUT2D eigenvalue weighted by atomic mass is 35.5. The minimum Gasteiger partial charge on any atom is -0.481 e. The molecule has 2 aromatic rings. The van der Waals surface area contributed by atoms with Crippen molar-refractivity contribution in [1.82, 2.24) is 10.3 Å². The minimum absolute atomic E-state index is 0.00654. The smallest absolute Gasteiger partial charge is 0.174 e. The van der Waals surface area contributed by atoms with E-state index in [2.05, 4.69) is 10.3 Å². The van der Waals surface area contributed by atoms with Gasteiger partial charge >= 0.3 is 0 Å². The van der Waals surface area contributed by atoms with Crippen LogP contribution in [-0.2, 0) is 0 Å². The van der Waals surface area contributed by atoms with Crippen molar-refractivity contribution in [3.63, 3.8) is 0 Å². The van der Waals surface area contributed by atoms with E-state index >= 15 is 0 Å². The van der Waals surface area contributed by atoms with Crippen LogP contribution in [0.2, 0.25) is 15.1 Å². The summed E-state index contributed by atoms with van der Waals surface area (Å²) in [6, 6.07) is 4.42. The first-order chi connectivity index (χ1) is 11.0. The first-order valence-electron chi connectivity index (χ1n) is 7.17. The van der Waals surface area contributed by atoms with Crippen molar-refractivity contribution in [3.05, 3.63) is 57.0 Å². The quantitative estimate of drug-likeness (QED) is 0.824. The number of nitrogens with one attached hydrogen (secondary N) is 1. The molecule has 2 atom stereocenters. The van der Waals surface area contributed by atoms with Gasteiger partial charge in [-0.15, -0.1) is 0 Å². The molecular weight excluding hydrogens is 362 g/mol. The lowest BCUT2D eigenvalue weighted by Crippen LogP contribution is -2.22. The molecule has 0 saturated carbocycles. The molecule has 1 fully saturated rings. The summed E-state index contributed by atoms with van der Waals surface area (Å²) in [4.78, 5) is 4.10. The van der Waals surface area contributed by atoms with Gasteiger partial charge in [-0.25, -0.2) is 4.39 Å². The maximum absolute atomic E-state index is 14.2. The third-order valence-electron chi connectivity index (χ3n) is 3.79. The van der Waals surface area contributed by atoms with Gasteiger partial charge in [-0.1, -0.05) is 34.8 Å². The molecule has 0 bridgehead atoms. The zero-order valence-electron chi connectivity index (χ0n) is 12.0. The normalized spacial score (nSPS) is 18.9. The average molecular weight is 376 g/mol. The van der Waals surface area contributed by atoms with Crippen molar-refractivity contribution in [1.29, 1.82) is 0 Å². The first-order valence-corrected chi connectivity index (χ1v) is 8.30. The van der Waals surface area contributed by atoms with Crippen LogP contribution in [0.3, 0.4) is 0 Å². The summed E-state index contributed by atoms with van der Waals surface area (Å²) in [5, 5.41) is 4.15. The predicted octanol–water partition coefficient (Wildman–Crippen LogP) is 4.91. The van der Waals surface area contributed by atoms with E-state index in [0.29, 0.717) is 5.02 Å². The van der Waals surface area contributed by atoms with Crippen LogP contribution in [0.25, 0.3) is 0 Å². The van der Waals surface area contributed by atoms with Gasteiger partial charge in [0, 0.05) is 35.4 Å². The number of hydrogen-bond acceptors (Lipinski definition) is 3. The maximum atomic E-state index is 14.2. The van der Waals surface area contributed by atoms with Gasteiger partial charge in [-0.3, -0.25) is 4.98 Å². The highest BCUT2D eigenvalue weighted by Crippen LogP contribution is 2.38. The molecule has 1 aromatic heterocycles. The molecule has 1 N–H and O–H groups in total. The van der Waals surface area contributed by atoms with Gasteiger partial charge in [0.1, 0.15) is 6.10 Å². The lowest BCUT2D eigenvalue weighted by Gasteiger charge is -2.25. The Bertz CT molecular complexity index is 684. The first kappa shape index (κ1) is 16.8. The van der Waals surface area contributed by atoms with Gasteiger partial charge in [0.25, 0.3) is 0 Å². The predicted molar refractivity (Wildman–Crippen MR) is 90.0 cm³/mol. The molecule has 2 heterocycles. The SMILES string of the molecule is Fc1cc(Cl)cc(Cl)c1O[C@@H](c1cncc(Cl)c1)[C@H]1CCNC1. The van der Waals surface area contributed by atoms with E-state index < -0.39 is 11.9 Å². The van der Waals surface area contributed by atoms with Gasteiger partial charge in [0.05, 0.1) is 10.0 Å². The summed E-state index contributed by atoms with van der Waals surface area (Å²) in [7, 11) is 0. The third-order valence-corrected chi connectivity index (χ3v) is 4.49. The zero-order valence-corrected chi connectivity index (χ0v) is 14.3. The molecule has 0 spiro atoms. The standard InChI is InChI=1S/C16H14Cl3FN2O/c17-11-4-13(19)16(14(20)5-11)23-15(9-1-2-21-6-9)10-3-12(18)8-22-7-10/h3-5,7-9,15,21H,1-2,6H2/t9-,15+/m0/s1. The second-order valence-electron chi connectivity index (χ2n) is 5.43. The summed E-state index contributed by atoms with van der Waals surface area (Å²) in [6.07, 6.45) is 3.73. The van der Waals surface area contributed by atoms with E-state index in [9.17, 15) is 4.39 Å². The number of halogens is 4. The molecule has 1 aliphatic heterocycles. The van der Waals surface area contributed by atoms with Crippen LogP contribution in [0.1, 0.15) is 18.1 Å². The number of hydrogen-bond donors (Lipinski definition) is 1. The molecule has 1 saturated heterocycles. The van der Waals surface area contributed by atoms with E-state index in [4.69, 9.17) is 39.5 Å². The molecule has 7 heteroatoms. The van der Waals surface area contributed by atoms with E-state index in [1.807, 2.05) is 0 Å². The van der Waals surface area contributed by atoms with Crippen molar-refractivity contribution in [2.75, 3.05) is 13.1 Å². The fourth-order valence-corrected chi connectivity index (χ4v) is 3.42. The Hall–Kier alpha value is -1.07. The Labute approximate surface area is 148 Å². The van der Waals surface area contributed by atoms with Gasteiger partial charge in [0.15, 0.2) is 11.6 Å². The van der Waals surface area contributed by atoms with Gasteiger partial charge in [0.2, 0.25) is 0 Å². The number of rotatable bonds is 4. The highest BCUT2D eigenvalue weighted by Gasteiger charge is 2.30. The molecule has 23 heavy (non-hydrogen) atoms. The molecule has 3 nitrogen and oxygen atoms in total. The fourth-order valence-electron chi connectivity index (χ4n) is 2.72. The van der Waals surface area contributed by atoms with E-state index in [-0.39, 0.29) is 21.7 Å². The van der Waals surface area contributed by atoms with Crippen LogP contribution in [0.15, 0.2) is 30.6 Å². The minimum atomic E-state index is -0.589. The largest absolute Gasteiger partial charge is 0.481 e. The van der Waals surface area contributed by atoms with E-state index in [1.165, 1.54) is 12.1 Å².